The van der Waals surface area contributed by atoms with Gasteiger partial charge in [0.2, 0.25) is 6.29 Å². The number of fused-ring (bicyclic) bond motifs is 1. The number of nitrogens with zero attached hydrogens (tertiary/aromatic N) is 1. The van der Waals surface area contributed by atoms with Gasteiger partial charge in [-0.2, -0.15) is 0 Å². The summed E-state index contributed by atoms with van der Waals surface area (Å²) in [7, 11) is 0. The fourth-order valence-electron chi connectivity index (χ4n) is 2.61. The normalized spacial score (nSPS) is 28.1. The Morgan fingerprint density at radius 2 is 1.85 bits per heavy atom. The zero-order chi connectivity index (χ0) is 19.7. The molecule has 1 aliphatic heterocycles. The summed E-state index contributed by atoms with van der Waals surface area (Å²) in [4.78, 5) is 26.4. The van der Waals surface area contributed by atoms with Crippen LogP contribution in [-0.4, -0.2) is 62.8 Å². The molecule has 5 atom stereocenters. The predicted molar refractivity (Wildman–Crippen MR) is 84.5 cm³/mol. The van der Waals surface area contributed by atoms with Crippen LogP contribution in [0.25, 0.3) is 11.0 Å². The Morgan fingerprint density at radius 3 is 2.52 bits per heavy atom. The summed E-state index contributed by atoms with van der Waals surface area (Å²) < 4.78 is 15.5. The van der Waals surface area contributed by atoms with E-state index < -0.39 is 53.8 Å². The number of ether oxygens (including phenoxy) is 2. The van der Waals surface area contributed by atoms with Crippen molar-refractivity contribution in [2.45, 2.75) is 30.7 Å². The van der Waals surface area contributed by atoms with Gasteiger partial charge in [0.15, 0.2) is 11.5 Å². The molecule has 0 spiro atoms. The minimum absolute atomic E-state index is 0.0134. The monoisotopic (exact) mass is 385 g/mol. The van der Waals surface area contributed by atoms with Crippen LogP contribution >= 0.6 is 0 Å². The summed E-state index contributed by atoms with van der Waals surface area (Å²) in [6.45, 7) is -0.675. The molecule has 146 valence electrons. The van der Waals surface area contributed by atoms with Crippen LogP contribution in [0.5, 0.6) is 11.5 Å². The molecule has 27 heavy (non-hydrogen) atoms. The van der Waals surface area contributed by atoms with Gasteiger partial charge in [0.05, 0.1) is 6.61 Å². The molecule has 1 aromatic heterocycles. The van der Waals surface area contributed by atoms with E-state index in [2.05, 4.69) is 4.84 Å². The van der Waals surface area contributed by atoms with Crippen LogP contribution in [-0.2, 0) is 4.74 Å². The number of rotatable bonds is 5. The Morgan fingerprint density at radius 1 is 1.11 bits per heavy atom. The van der Waals surface area contributed by atoms with Crippen molar-refractivity contribution >= 4 is 11.0 Å². The van der Waals surface area contributed by atoms with Crippen molar-refractivity contribution in [2.24, 2.45) is 0 Å². The maximum Gasteiger partial charge on any atom is 0.336 e. The van der Waals surface area contributed by atoms with Crippen LogP contribution in [0.2, 0.25) is 0 Å². The highest BCUT2D eigenvalue weighted by atomic mass is 17.0. The fraction of sp³-hybridized carbons (Fsp3) is 0.400. The van der Waals surface area contributed by atoms with Crippen LogP contribution in [0.4, 0.5) is 0 Å². The Balaban J connectivity index is 1.98. The third-order valence-corrected chi connectivity index (χ3v) is 3.95. The lowest BCUT2D eigenvalue weighted by molar-refractivity contribution is -0.711. The first kappa shape index (κ1) is 19.0. The topological polar surface area (TPSA) is 182 Å². The number of hydrogen-bond acceptors (Lipinski definition) is 11. The molecule has 0 bridgehead atoms. The molecular formula is C15H15NO11. The third-order valence-electron chi connectivity index (χ3n) is 3.95. The number of aliphatic hydroxyl groups excluding tert-OH is 4. The summed E-state index contributed by atoms with van der Waals surface area (Å²) in [6.07, 6.45) is -7.82. The molecule has 3 rings (SSSR count). The van der Waals surface area contributed by atoms with Gasteiger partial charge in [-0.1, -0.05) is 0 Å². The predicted octanol–water partition coefficient (Wildman–Crippen LogP) is -1.46. The summed E-state index contributed by atoms with van der Waals surface area (Å²) >= 11 is 0. The maximum atomic E-state index is 11.3. The second-order valence-electron chi connectivity index (χ2n) is 5.72. The first-order valence-electron chi connectivity index (χ1n) is 7.67. The van der Waals surface area contributed by atoms with Gasteiger partial charge < -0.3 is 34.3 Å². The van der Waals surface area contributed by atoms with Crippen LogP contribution < -0.4 is 15.2 Å². The molecule has 1 fully saturated rings. The van der Waals surface area contributed by atoms with Crippen LogP contribution in [0.15, 0.2) is 33.5 Å². The molecule has 0 unspecified atom stereocenters. The van der Waals surface area contributed by atoms with Crippen LogP contribution in [0.3, 0.4) is 0 Å². The van der Waals surface area contributed by atoms with E-state index in [0.717, 1.165) is 12.1 Å². The molecule has 2 heterocycles. The van der Waals surface area contributed by atoms with E-state index in [0.29, 0.717) is 5.39 Å². The van der Waals surface area contributed by atoms with E-state index in [1.807, 2.05) is 0 Å². The minimum atomic E-state index is -1.73. The second kappa shape index (κ2) is 7.46. The maximum absolute atomic E-state index is 11.3. The van der Waals surface area contributed by atoms with Gasteiger partial charge in [0, 0.05) is 17.5 Å². The van der Waals surface area contributed by atoms with Gasteiger partial charge >= 0.3 is 5.63 Å². The highest BCUT2D eigenvalue weighted by Crippen LogP contribution is 2.35. The average Bonchev–Trinajstić information content (AvgIpc) is 2.62. The van der Waals surface area contributed by atoms with Gasteiger partial charge in [-0.05, 0) is 12.1 Å². The number of aliphatic hydroxyl groups is 4. The standard InChI is InChI=1S/C15H15NO11/c17-5-10-12(19)13(20)14(21)15(26-10)25-8-3-6-1-2-11(18)24-7(6)4-9(8)27-16(22)23/h1-4,10,12-15,17,19-21H,5H2/t10-,12-,13+,14-,15-/m1/s1. The SMILES string of the molecule is O=c1ccc2cc(O[C@@H]3O[C@H](CO)[C@@H](O)[C@H](O)[C@H]3O)c(O[N+](=O)[O-])cc2o1. The molecule has 12 nitrogen and oxygen atoms in total. The van der Waals surface area contributed by atoms with Crippen LogP contribution in [0.1, 0.15) is 0 Å². The fourth-order valence-corrected chi connectivity index (χ4v) is 2.61. The van der Waals surface area contributed by atoms with Gasteiger partial charge in [0.25, 0.3) is 5.09 Å². The molecule has 2 aromatic rings. The molecule has 1 aliphatic rings. The van der Waals surface area contributed by atoms with E-state index in [9.17, 15) is 35.3 Å². The Kier molecular flexibility index (Phi) is 5.25. The number of hydrogen-bond donors (Lipinski definition) is 4. The molecule has 1 aromatic carbocycles. The third kappa shape index (κ3) is 3.84. The molecular weight excluding hydrogens is 370 g/mol. The van der Waals surface area contributed by atoms with E-state index in [1.165, 1.54) is 12.1 Å². The van der Waals surface area contributed by atoms with Gasteiger partial charge in [-0.3, -0.25) is 4.84 Å². The van der Waals surface area contributed by atoms with Gasteiger partial charge in [-0.15, -0.1) is 10.1 Å². The average molecular weight is 385 g/mol. The summed E-state index contributed by atoms with van der Waals surface area (Å²) in [5.41, 5.74) is -0.697. The van der Waals surface area contributed by atoms with Crippen molar-refractivity contribution in [3.8, 4) is 11.5 Å². The summed E-state index contributed by atoms with van der Waals surface area (Å²) in [6, 6.07) is 4.77. The van der Waals surface area contributed by atoms with Gasteiger partial charge in [0.1, 0.15) is 30.0 Å². The molecule has 0 saturated carbocycles. The van der Waals surface area contributed by atoms with Crippen molar-refractivity contribution in [3.63, 3.8) is 0 Å². The van der Waals surface area contributed by atoms with Crippen molar-refractivity contribution < 1.29 is 44.2 Å². The van der Waals surface area contributed by atoms with Crippen molar-refractivity contribution in [1.29, 1.82) is 0 Å². The summed E-state index contributed by atoms with van der Waals surface area (Å²) in [5.74, 6) is -0.726. The first-order valence-corrected chi connectivity index (χ1v) is 7.67. The lowest BCUT2D eigenvalue weighted by Crippen LogP contribution is -2.60. The highest BCUT2D eigenvalue weighted by Gasteiger charge is 2.45. The Labute approximate surface area is 149 Å². The van der Waals surface area contributed by atoms with E-state index in [1.54, 1.807) is 0 Å². The lowest BCUT2D eigenvalue weighted by Gasteiger charge is -2.39. The van der Waals surface area contributed by atoms with E-state index in [-0.39, 0.29) is 11.3 Å². The van der Waals surface area contributed by atoms with E-state index >= 15 is 0 Å². The lowest BCUT2D eigenvalue weighted by atomic mass is 9.99. The Hall–Kier alpha value is -2.77. The molecule has 1 saturated heterocycles. The van der Waals surface area contributed by atoms with Crippen molar-refractivity contribution in [3.05, 3.63) is 44.8 Å². The van der Waals surface area contributed by atoms with E-state index in [4.69, 9.17) is 13.9 Å². The van der Waals surface area contributed by atoms with Gasteiger partial charge in [-0.25, -0.2) is 4.79 Å². The van der Waals surface area contributed by atoms with Crippen LogP contribution in [0, 0.1) is 10.1 Å². The molecule has 0 aliphatic carbocycles. The highest BCUT2D eigenvalue weighted by molar-refractivity contribution is 5.80. The molecule has 12 heteroatoms. The zero-order valence-electron chi connectivity index (χ0n) is 13.5. The molecule has 0 radical (unpaired) electrons. The van der Waals surface area contributed by atoms with Crippen molar-refractivity contribution in [2.75, 3.05) is 6.61 Å². The van der Waals surface area contributed by atoms with Crippen molar-refractivity contribution in [1.82, 2.24) is 0 Å². The smallest absolute Gasteiger partial charge is 0.336 e. The largest absolute Gasteiger partial charge is 0.460 e. The molecule has 4 N–H and O–H groups in total. The second-order valence-corrected chi connectivity index (χ2v) is 5.72. The molecule has 0 amide bonds. The Bertz CT molecular complexity index is 895. The summed E-state index contributed by atoms with van der Waals surface area (Å²) in [5, 5.41) is 48.7. The minimum Gasteiger partial charge on any atom is -0.460 e. The quantitative estimate of drug-likeness (QED) is 0.268. The first-order chi connectivity index (χ1) is 12.8. The zero-order valence-corrected chi connectivity index (χ0v) is 13.5. The number of benzene rings is 1.